The first-order valence-corrected chi connectivity index (χ1v) is 7.43. The van der Waals surface area contributed by atoms with Crippen molar-refractivity contribution in [2.75, 3.05) is 13.6 Å². The maximum Gasteiger partial charge on any atom is 0.226 e. The molecule has 1 aromatic carbocycles. The fourth-order valence-corrected chi connectivity index (χ4v) is 2.20. The Bertz CT molecular complexity index is 420. The van der Waals surface area contributed by atoms with Gasteiger partial charge in [0.2, 0.25) is 5.91 Å². The SMILES string of the molecule is CC(C)C(N)CCN(C)C(=O)Cc1cccc(Br)c1. The number of amides is 1. The topological polar surface area (TPSA) is 46.3 Å². The Morgan fingerprint density at radius 3 is 2.68 bits per heavy atom. The van der Waals surface area contributed by atoms with E-state index in [0.29, 0.717) is 18.9 Å². The van der Waals surface area contributed by atoms with Crippen LogP contribution in [0.2, 0.25) is 0 Å². The van der Waals surface area contributed by atoms with Crippen LogP contribution in [0.4, 0.5) is 0 Å². The van der Waals surface area contributed by atoms with Crippen LogP contribution < -0.4 is 5.73 Å². The lowest BCUT2D eigenvalue weighted by molar-refractivity contribution is -0.129. The van der Waals surface area contributed by atoms with Crippen molar-refractivity contribution in [2.24, 2.45) is 11.7 Å². The van der Waals surface area contributed by atoms with Crippen molar-refractivity contribution in [2.45, 2.75) is 32.7 Å². The summed E-state index contributed by atoms with van der Waals surface area (Å²) in [5.74, 6) is 0.586. The monoisotopic (exact) mass is 326 g/mol. The summed E-state index contributed by atoms with van der Waals surface area (Å²) in [7, 11) is 1.84. The molecule has 0 radical (unpaired) electrons. The molecule has 0 aliphatic heterocycles. The number of halogens is 1. The van der Waals surface area contributed by atoms with Gasteiger partial charge in [-0.15, -0.1) is 0 Å². The molecule has 0 fully saturated rings. The van der Waals surface area contributed by atoms with E-state index in [9.17, 15) is 4.79 Å². The van der Waals surface area contributed by atoms with E-state index < -0.39 is 0 Å². The van der Waals surface area contributed by atoms with Gasteiger partial charge in [-0.1, -0.05) is 41.9 Å². The predicted molar refractivity (Wildman–Crippen MR) is 82.9 cm³/mol. The van der Waals surface area contributed by atoms with Crippen LogP contribution in [-0.2, 0) is 11.2 Å². The van der Waals surface area contributed by atoms with Crippen LogP contribution in [0.3, 0.4) is 0 Å². The summed E-state index contributed by atoms with van der Waals surface area (Å²) >= 11 is 3.41. The summed E-state index contributed by atoms with van der Waals surface area (Å²) in [6.45, 7) is 4.92. The Kier molecular flexibility index (Phi) is 6.52. The maximum absolute atomic E-state index is 12.1. The minimum atomic E-state index is 0.133. The average Bonchev–Trinajstić information content (AvgIpc) is 2.35. The molecule has 4 heteroatoms. The van der Waals surface area contributed by atoms with Gasteiger partial charge in [-0.2, -0.15) is 0 Å². The molecule has 2 N–H and O–H groups in total. The second kappa shape index (κ2) is 7.65. The molecule has 3 nitrogen and oxygen atoms in total. The van der Waals surface area contributed by atoms with Crippen LogP contribution in [0.1, 0.15) is 25.8 Å². The van der Waals surface area contributed by atoms with Gasteiger partial charge < -0.3 is 10.6 Å². The molecule has 0 heterocycles. The van der Waals surface area contributed by atoms with E-state index in [1.807, 2.05) is 31.3 Å². The molecule has 1 unspecified atom stereocenters. The van der Waals surface area contributed by atoms with Crippen molar-refractivity contribution in [3.63, 3.8) is 0 Å². The highest BCUT2D eigenvalue weighted by molar-refractivity contribution is 9.10. The lowest BCUT2D eigenvalue weighted by atomic mass is 10.0. The van der Waals surface area contributed by atoms with Crippen molar-refractivity contribution in [3.05, 3.63) is 34.3 Å². The summed E-state index contributed by atoms with van der Waals surface area (Å²) in [6, 6.07) is 8.00. The summed E-state index contributed by atoms with van der Waals surface area (Å²) in [6.07, 6.45) is 1.28. The van der Waals surface area contributed by atoms with Crippen LogP contribution in [-0.4, -0.2) is 30.4 Å². The zero-order valence-corrected chi connectivity index (χ0v) is 13.5. The molecule has 0 aromatic heterocycles. The largest absolute Gasteiger partial charge is 0.345 e. The second-order valence-electron chi connectivity index (χ2n) is 5.32. The first kappa shape index (κ1) is 16.2. The van der Waals surface area contributed by atoms with E-state index in [-0.39, 0.29) is 11.9 Å². The smallest absolute Gasteiger partial charge is 0.226 e. The fourth-order valence-electron chi connectivity index (χ4n) is 1.76. The number of nitrogens with zero attached hydrogens (tertiary/aromatic N) is 1. The zero-order chi connectivity index (χ0) is 14.4. The molecular formula is C15H23BrN2O. The van der Waals surface area contributed by atoms with Crippen molar-refractivity contribution < 1.29 is 4.79 Å². The molecule has 0 aliphatic rings. The zero-order valence-electron chi connectivity index (χ0n) is 11.9. The van der Waals surface area contributed by atoms with E-state index in [1.165, 1.54) is 0 Å². The predicted octanol–water partition coefficient (Wildman–Crippen LogP) is 2.82. The fraction of sp³-hybridized carbons (Fsp3) is 0.533. The molecule has 1 amide bonds. The quantitative estimate of drug-likeness (QED) is 0.873. The highest BCUT2D eigenvalue weighted by atomic mass is 79.9. The van der Waals surface area contributed by atoms with Gasteiger partial charge in [-0.05, 0) is 30.0 Å². The van der Waals surface area contributed by atoms with Crippen LogP contribution in [0.25, 0.3) is 0 Å². The summed E-state index contributed by atoms with van der Waals surface area (Å²) in [5.41, 5.74) is 7.02. The van der Waals surface area contributed by atoms with Gasteiger partial charge >= 0.3 is 0 Å². The van der Waals surface area contributed by atoms with Crippen molar-refractivity contribution in [1.82, 2.24) is 4.90 Å². The number of carbonyl (C=O) groups is 1. The Hall–Kier alpha value is -0.870. The number of rotatable bonds is 6. The number of carbonyl (C=O) groups excluding carboxylic acids is 1. The summed E-state index contributed by atoms with van der Waals surface area (Å²) < 4.78 is 1.00. The number of hydrogen-bond donors (Lipinski definition) is 1. The molecule has 0 spiro atoms. The van der Waals surface area contributed by atoms with Gasteiger partial charge in [0.1, 0.15) is 0 Å². The van der Waals surface area contributed by atoms with E-state index in [0.717, 1.165) is 16.5 Å². The number of benzene rings is 1. The first-order chi connectivity index (χ1) is 8.90. The Morgan fingerprint density at radius 1 is 1.42 bits per heavy atom. The molecule has 1 aromatic rings. The Morgan fingerprint density at radius 2 is 2.11 bits per heavy atom. The summed E-state index contributed by atoms with van der Waals surface area (Å²) in [4.78, 5) is 13.8. The standard InChI is InChI=1S/C15H23BrN2O/c1-11(2)14(17)7-8-18(3)15(19)10-12-5-4-6-13(16)9-12/h4-6,9,11,14H,7-8,10,17H2,1-3H3. The molecular weight excluding hydrogens is 304 g/mol. The number of hydrogen-bond acceptors (Lipinski definition) is 2. The first-order valence-electron chi connectivity index (χ1n) is 6.64. The van der Waals surface area contributed by atoms with E-state index in [4.69, 9.17) is 5.73 Å². The van der Waals surface area contributed by atoms with Gasteiger partial charge in [-0.25, -0.2) is 0 Å². The van der Waals surface area contributed by atoms with Crippen LogP contribution in [0.5, 0.6) is 0 Å². The average molecular weight is 327 g/mol. The van der Waals surface area contributed by atoms with Crippen LogP contribution in [0.15, 0.2) is 28.7 Å². The molecule has 0 saturated heterocycles. The van der Waals surface area contributed by atoms with Gasteiger partial charge in [-0.3, -0.25) is 4.79 Å². The van der Waals surface area contributed by atoms with Crippen LogP contribution >= 0.6 is 15.9 Å². The third kappa shape index (κ3) is 5.74. The molecule has 1 atom stereocenters. The lowest BCUT2D eigenvalue weighted by Gasteiger charge is -2.21. The minimum absolute atomic E-state index is 0.133. The summed E-state index contributed by atoms with van der Waals surface area (Å²) in [5, 5.41) is 0. The molecule has 1 rings (SSSR count). The third-order valence-electron chi connectivity index (χ3n) is 3.32. The van der Waals surface area contributed by atoms with E-state index in [2.05, 4.69) is 29.8 Å². The van der Waals surface area contributed by atoms with Crippen molar-refractivity contribution in [3.8, 4) is 0 Å². The molecule has 0 aliphatic carbocycles. The van der Waals surface area contributed by atoms with Crippen LogP contribution in [0, 0.1) is 5.92 Å². The Labute approximate surface area is 124 Å². The molecule has 106 valence electrons. The normalized spacial score (nSPS) is 12.5. The molecule has 19 heavy (non-hydrogen) atoms. The maximum atomic E-state index is 12.1. The lowest BCUT2D eigenvalue weighted by Crippen LogP contribution is -2.35. The number of likely N-dealkylation sites (N-methyl/N-ethyl adjacent to an activating group) is 1. The third-order valence-corrected chi connectivity index (χ3v) is 3.82. The van der Waals surface area contributed by atoms with E-state index in [1.54, 1.807) is 4.90 Å². The highest BCUT2D eigenvalue weighted by Crippen LogP contribution is 2.13. The molecule has 0 bridgehead atoms. The van der Waals surface area contributed by atoms with Gasteiger partial charge in [0.05, 0.1) is 6.42 Å². The Balaban J connectivity index is 2.45. The van der Waals surface area contributed by atoms with E-state index >= 15 is 0 Å². The van der Waals surface area contributed by atoms with Gasteiger partial charge in [0.15, 0.2) is 0 Å². The van der Waals surface area contributed by atoms with Crippen molar-refractivity contribution >= 4 is 21.8 Å². The minimum Gasteiger partial charge on any atom is -0.345 e. The van der Waals surface area contributed by atoms with Crippen molar-refractivity contribution in [1.29, 1.82) is 0 Å². The second-order valence-corrected chi connectivity index (χ2v) is 6.23. The van der Waals surface area contributed by atoms with Gasteiger partial charge in [0, 0.05) is 24.1 Å². The number of nitrogens with two attached hydrogens (primary N) is 1. The highest BCUT2D eigenvalue weighted by Gasteiger charge is 2.13. The molecule has 0 saturated carbocycles. The van der Waals surface area contributed by atoms with Gasteiger partial charge in [0.25, 0.3) is 0 Å².